The fraction of sp³-hybridized carbons (Fsp3) is 0.391. The van der Waals surface area contributed by atoms with Gasteiger partial charge in [0.15, 0.2) is 0 Å². The monoisotopic (exact) mass is 414 g/mol. The van der Waals surface area contributed by atoms with Crippen LogP contribution in [-0.2, 0) is 4.79 Å². The van der Waals surface area contributed by atoms with E-state index in [1.807, 2.05) is 24.3 Å². The van der Waals surface area contributed by atoms with Crippen molar-refractivity contribution < 1.29 is 14.3 Å². The first-order valence-corrected chi connectivity index (χ1v) is 10.2. The zero-order chi connectivity index (χ0) is 21.0. The Kier molecular flexibility index (Phi) is 6.80. The third kappa shape index (κ3) is 5.10. The summed E-state index contributed by atoms with van der Waals surface area (Å²) in [6, 6.07) is 14.6. The van der Waals surface area contributed by atoms with Crippen molar-refractivity contribution >= 4 is 23.4 Å². The molecule has 2 atom stereocenters. The normalized spacial score (nSPS) is 18.7. The Morgan fingerprint density at radius 3 is 2.62 bits per heavy atom. The number of amides is 2. The zero-order valence-electron chi connectivity index (χ0n) is 17.0. The number of benzene rings is 2. The van der Waals surface area contributed by atoms with Crippen molar-refractivity contribution in [2.75, 3.05) is 26.7 Å². The third-order valence-electron chi connectivity index (χ3n) is 5.22. The molecule has 1 aliphatic heterocycles. The van der Waals surface area contributed by atoms with E-state index in [9.17, 15) is 9.59 Å². The van der Waals surface area contributed by atoms with Gasteiger partial charge in [0.25, 0.3) is 5.91 Å². The number of hydrogen-bond donors (Lipinski definition) is 1. The highest BCUT2D eigenvalue weighted by molar-refractivity contribution is 6.30. The molecule has 0 aliphatic carbocycles. The molecule has 2 aromatic rings. The average molecular weight is 415 g/mol. The van der Waals surface area contributed by atoms with Gasteiger partial charge in [-0.25, -0.2) is 0 Å². The number of rotatable bonds is 6. The van der Waals surface area contributed by atoms with Gasteiger partial charge in [0.1, 0.15) is 5.75 Å². The van der Waals surface area contributed by atoms with Crippen molar-refractivity contribution in [3.8, 4) is 5.75 Å². The number of halogens is 1. The summed E-state index contributed by atoms with van der Waals surface area (Å²) in [5.74, 6) is 0.556. The van der Waals surface area contributed by atoms with Gasteiger partial charge in [-0.2, -0.15) is 0 Å². The first kappa shape index (κ1) is 21.2. The Labute approximate surface area is 177 Å². The summed E-state index contributed by atoms with van der Waals surface area (Å²) in [6.07, 6.45) is 0. The molecule has 0 saturated carbocycles. The summed E-state index contributed by atoms with van der Waals surface area (Å²) in [4.78, 5) is 27.7. The molecular formula is C23H27ClN2O3. The molecule has 0 unspecified atom stereocenters. The highest BCUT2D eigenvalue weighted by Crippen LogP contribution is 2.35. The lowest BCUT2D eigenvalue weighted by Gasteiger charge is -2.19. The molecular weight excluding hydrogens is 388 g/mol. The Bertz CT molecular complexity index is 884. The van der Waals surface area contributed by atoms with Gasteiger partial charge in [-0.15, -0.1) is 0 Å². The van der Waals surface area contributed by atoms with Gasteiger partial charge in [-0.3, -0.25) is 9.59 Å². The molecule has 1 saturated heterocycles. The van der Waals surface area contributed by atoms with Crippen molar-refractivity contribution in [1.29, 1.82) is 0 Å². The number of hydrogen-bond acceptors (Lipinski definition) is 3. The van der Waals surface area contributed by atoms with E-state index >= 15 is 0 Å². The number of ether oxygens (including phenoxy) is 1. The second-order valence-corrected chi connectivity index (χ2v) is 8.29. The number of carbonyl (C=O) groups excluding carboxylic acids is 2. The van der Waals surface area contributed by atoms with Crippen molar-refractivity contribution in [2.24, 2.45) is 11.8 Å². The average Bonchev–Trinajstić information content (AvgIpc) is 3.17. The van der Waals surface area contributed by atoms with Crippen LogP contribution in [0.1, 0.15) is 35.7 Å². The summed E-state index contributed by atoms with van der Waals surface area (Å²) in [5.41, 5.74) is 1.53. The lowest BCUT2D eigenvalue weighted by Crippen LogP contribution is -2.37. The number of carbonyl (C=O) groups is 2. The number of likely N-dealkylation sites (tertiary alicyclic amines) is 1. The van der Waals surface area contributed by atoms with Crippen molar-refractivity contribution in [1.82, 2.24) is 10.2 Å². The fourth-order valence-corrected chi connectivity index (χ4v) is 3.88. The molecule has 2 amide bonds. The molecule has 1 aliphatic rings. The largest absolute Gasteiger partial charge is 0.497 e. The Hall–Kier alpha value is -2.53. The molecule has 2 aromatic carbocycles. The van der Waals surface area contributed by atoms with Crippen LogP contribution in [0.2, 0.25) is 5.02 Å². The van der Waals surface area contributed by atoms with E-state index in [0.717, 1.165) is 11.3 Å². The van der Waals surface area contributed by atoms with E-state index in [1.165, 1.54) is 0 Å². The van der Waals surface area contributed by atoms with E-state index in [0.29, 0.717) is 36.1 Å². The second-order valence-electron chi connectivity index (χ2n) is 7.85. The molecule has 0 radical (unpaired) electrons. The van der Waals surface area contributed by atoms with Gasteiger partial charge in [-0.1, -0.05) is 43.6 Å². The molecule has 0 bridgehead atoms. The van der Waals surface area contributed by atoms with Crippen LogP contribution in [0.25, 0.3) is 0 Å². The van der Waals surface area contributed by atoms with E-state index in [2.05, 4.69) is 19.2 Å². The molecule has 154 valence electrons. The molecule has 5 nitrogen and oxygen atoms in total. The van der Waals surface area contributed by atoms with Crippen molar-refractivity contribution in [3.63, 3.8) is 0 Å². The van der Waals surface area contributed by atoms with E-state index in [1.54, 1.807) is 36.3 Å². The first-order valence-electron chi connectivity index (χ1n) is 9.85. The molecule has 1 heterocycles. The quantitative estimate of drug-likeness (QED) is 0.777. The minimum Gasteiger partial charge on any atom is -0.497 e. The lowest BCUT2D eigenvalue weighted by molar-refractivity contribution is -0.125. The molecule has 0 aromatic heterocycles. The van der Waals surface area contributed by atoms with E-state index in [4.69, 9.17) is 16.3 Å². The molecule has 3 rings (SSSR count). The molecule has 1 fully saturated rings. The smallest absolute Gasteiger partial charge is 0.253 e. The van der Waals surface area contributed by atoms with Crippen LogP contribution in [0, 0.1) is 11.8 Å². The minimum atomic E-state index is -0.316. The Balaban J connectivity index is 1.86. The summed E-state index contributed by atoms with van der Waals surface area (Å²) in [6.45, 7) is 5.57. The summed E-state index contributed by atoms with van der Waals surface area (Å²) in [7, 11) is 1.62. The predicted molar refractivity (Wildman–Crippen MR) is 114 cm³/mol. The third-order valence-corrected chi connectivity index (χ3v) is 5.46. The first-order chi connectivity index (χ1) is 13.9. The van der Waals surface area contributed by atoms with Crippen LogP contribution < -0.4 is 10.1 Å². The Morgan fingerprint density at radius 2 is 1.93 bits per heavy atom. The molecule has 0 spiro atoms. The highest BCUT2D eigenvalue weighted by Gasteiger charge is 2.40. The topological polar surface area (TPSA) is 58.6 Å². The van der Waals surface area contributed by atoms with Crippen LogP contribution in [-0.4, -0.2) is 43.5 Å². The number of nitrogens with zero attached hydrogens (tertiary/aromatic N) is 1. The van der Waals surface area contributed by atoms with Crippen molar-refractivity contribution in [3.05, 3.63) is 64.7 Å². The number of methoxy groups -OCH3 is 1. The minimum absolute atomic E-state index is 0.0205. The van der Waals surface area contributed by atoms with Crippen molar-refractivity contribution in [2.45, 2.75) is 19.8 Å². The van der Waals surface area contributed by atoms with Gasteiger partial charge in [0.05, 0.1) is 13.0 Å². The molecule has 1 N–H and O–H groups in total. The van der Waals surface area contributed by atoms with Gasteiger partial charge >= 0.3 is 0 Å². The maximum atomic E-state index is 13.0. The highest BCUT2D eigenvalue weighted by atomic mass is 35.5. The van der Waals surface area contributed by atoms with Crippen LogP contribution >= 0.6 is 11.6 Å². The van der Waals surface area contributed by atoms with Crippen LogP contribution in [0.15, 0.2) is 48.5 Å². The van der Waals surface area contributed by atoms with Crippen LogP contribution in [0.4, 0.5) is 0 Å². The van der Waals surface area contributed by atoms with Gasteiger partial charge < -0.3 is 15.0 Å². The maximum absolute atomic E-state index is 13.0. The van der Waals surface area contributed by atoms with E-state index in [-0.39, 0.29) is 23.7 Å². The summed E-state index contributed by atoms with van der Waals surface area (Å²) in [5, 5.41) is 3.55. The van der Waals surface area contributed by atoms with Crippen LogP contribution in [0.5, 0.6) is 5.75 Å². The Morgan fingerprint density at radius 1 is 1.17 bits per heavy atom. The van der Waals surface area contributed by atoms with E-state index < -0.39 is 0 Å². The van der Waals surface area contributed by atoms with Gasteiger partial charge in [-0.05, 0) is 41.8 Å². The fourth-order valence-electron chi connectivity index (χ4n) is 3.69. The maximum Gasteiger partial charge on any atom is 0.253 e. The molecule has 29 heavy (non-hydrogen) atoms. The van der Waals surface area contributed by atoms with Crippen LogP contribution in [0.3, 0.4) is 0 Å². The zero-order valence-corrected chi connectivity index (χ0v) is 17.8. The van der Waals surface area contributed by atoms with Gasteiger partial charge in [0, 0.05) is 36.1 Å². The lowest BCUT2D eigenvalue weighted by atomic mass is 9.88. The standard InChI is InChI=1S/C23H27ClN2O3/c1-15(2)12-25-22(27)21-14-26(23(28)17-7-4-8-18(24)10-17)13-20(21)16-6-5-9-19(11-16)29-3/h4-11,15,20-21H,12-14H2,1-3H3,(H,25,27)/t20-,21-/m1/s1. The second kappa shape index (κ2) is 9.31. The molecule has 6 heteroatoms. The number of nitrogens with one attached hydrogen (secondary N) is 1. The SMILES string of the molecule is COc1cccc([C@H]2CN(C(=O)c3cccc(Cl)c3)C[C@H]2C(=O)NCC(C)C)c1. The van der Waals surface area contributed by atoms with Gasteiger partial charge in [0.2, 0.25) is 5.91 Å². The summed E-state index contributed by atoms with van der Waals surface area (Å²) < 4.78 is 5.35. The summed E-state index contributed by atoms with van der Waals surface area (Å²) >= 11 is 6.05. The predicted octanol–water partition coefficient (Wildman–Crippen LogP) is 3.98.